The second-order valence-electron chi connectivity index (χ2n) is 5.75. The largest absolute Gasteiger partial charge is 0.489 e. The summed E-state index contributed by atoms with van der Waals surface area (Å²) in [6.45, 7) is 2.16. The molecule has 0 bridgehead atoms. The Morgan fingerprint density at radius 2 is 2.12 bits per heavy atom. The van der Waals surface area contributed by atoms with Crippen molar-refractivity contribution in [2.24, 2.45) is 7.05 Å². The molecule has 25 heavy (non-hydrogen) atoms. The smallest absolute Gasteiger partial charge is 0.258 e. The first-order valence-corrected chi connectivity index (χ1v) is 7.79. The molecule has 1 heterocycles. The number of nitrogens with zero attached hydrogens (tertiary/aromatic N) is 2. The van der Waals surface area contributed by atoms with Crippen LogP contribution in [0.4, 0.5) is 10.1 Å². The van der Waals surface area contributed by atoms with Gasteiger partial charge in [0.2, 0.25) is 0 Å². The van der Waals surface area contributed by atoms with Gasteiger partial charge in [-0.25, -0.2) is 4.39 Å². The highest BCUT2D eigenvalue weighted by Gasteiger charge is 2.10. The van der Waals surface area contributed by atoms with Crippen molar-refractivity contribution in [1.29, 1.82) is 0 Å². The van der Waals surface area contributed by atoms with Crippen LogP contribution in [0.25, 0.3) is 0 Å². The van der Waals surface area contributed by atoms with Crippen LogP contribution >= 0.6 is 0 Å². The Balaban J connectivity index is 1.65. The highest BCUT2D eigenvalue weighted by Crippen LogP contribution is 2.23. The number of hydrogen-bond acceptors (Lipinski definition) is 3. The van der Waals surface area contributed by atoms with E-state index in [4.69, 9.17) is 4.74 Å². The quantitative estimate of drug-likeness (QED) is 0.771. The molecule has 0 saturated carbocycles. The van der Waals surface area contributed by atoms with Crippen LogP contribution < -0.4 is 10.1 Å². The van der Waals surface area contributed by atoms with Gasteiger partial charge in [0.15, 0.2) is 0 Å². The zero-order chi connectivity index (χ0) is 17.8. The van der Waals surface area contributed by atoms with Crippen LogP contribution in [0.2, 0.25) is 0 Å². The number of hydrogen-bond donors (Lipinski definition) is 1. The maximum atomic E-state index is 13.2. The topological polar surface area (TPSA) is 56.1 Å². The van der Waals surface area contributed by atoms with Crippen molar-refractivity contribution in [2.45, 2.75) is 13.5 Å². The van der Waals surface area contributed by atoms with Gasteiger partial charge in [0.05, 0.1) is 11.8 Å². The molecule has 0 aliphatic rings. The van der Waals surface area contributed by atoms with Crippen LogP contribution in [0.1, 0.15) is 21.5 Å². The number of carbonyl (C=O) groups excluding carboxylic acids is 1. The molecule has 6 heteroatoms. The summed E-state index contributed by atoms with van der Waals surface area (Å²) in [6, 6.07) is 11.7. The lowest BCUT2D eigenvalue weighted by molar-refractivity contribution is 0.102. The van der Waals surface area contributed by atoms with E-state index in [-0.39, 0.29) is 18.3 Å². The summed E-state index contributed by atoms with van der Waals surface area (Å²) >= 11 is 0. The van der Waals surface area contributed by atoms with Crippen molar-refractivity contribution >= 4 is 11.6 Å². The van der Waals surface area contributed by atoms with Gasteiger partial charge in [0, 0.05) is 18.9 Å². The lowest BCUT2D eigenvalue weighted by Crippen LogP contribution is -2.12. The van der Waals surface area contributed by atoms with E-state index in [9.17, 15) is 9.18 Å². The van der Waals surface area contributed by atoms with Crippen LogP contribution in [-0.2, 0) is 13.7 Å². The molecule has 1 N–H and O–H groups in total. The summed E-state index contributed by atoms with van der Waals surface area (Å²) in [5.41, 5.74) is 2.82. The summed E-state index contributed by atoms with van der Waals surface area (Å²) in [5.74, 6) is 0.150. The molecule has 3 aromatic rings. The Bertz CT molecular complexity index is 905. The van der Waals surface area contributed by atoms with Crippen molar-refractivity contribution in [3.05, 3.63) is 77.4 Å². The number of anilines is 1. The fraction of sp³-hybridized carbons (Fsp3) is 0.158. The maximum absolute atomic E-state index is 13.2. The van der Waals surface area contributed by atoms with Crippen LogP contribution in [-0.4, -0.2) is 15.7 Å². The molecule has 0 saturated heterocycles. The normalized spacial score (nSPS) is 10.5. The molecule has 0 aliphatic heterocycles. The first-order chi connectivity index (χ1) is 12.0. The minimum absolute atomic E-state index is 0.218. The molecule has 0 atom stereocenters. The Labute approximate surface area is 145 Å². The Hall–Kier alpha value is -3.15. The average Bonchev–Trinajstić information content (AvgIpc) is 3.02. The Morgan fingerprint density at radius 1 is 1.28 bits per heavy atom. The molecule has 128 valence electrons. The van der Waals surface area contributed by atoms with E-state index < -0.39 is 0 Å². The second-order valence-corrected chi connectivity index (χ2v) is 5.75. The third-order valence-electron chi connectivity index (χ3n) is 3.71. The lowest BCUT2D eigenvalue weighted by atomic mass is 10.2. The third-order valence-corrected chi connectivity index (χ3v) is 3.71. The fourth-order valence-electron chi connectivity index (χ4n) is 2.39. The van der Waals surface area contributed by atoms with Crippen molar-refractivity contribution in [1.82, 2.24) is 9.78 Å². The van der Waals surface area contributed by atoms with Gasteiger partial charge < -0.3 is 10.1 Å². The average molecular weight is 339 g/mol. The second kappa shape index (κ2) is 7.17. The molecular formula is C19H18FN3O2. The molecule has 0 spiro atoms. The highest BCUT2D eigenvalue weighted by atomic mass is 19.1. The number of ether oxygens (including phenoxy) is 1. The molecule has 3 rings (SSSR count). The molecule has 5 nitrogen and oxygen atoms in total. The van der Waals surface area contributed by atoms with E-state index in [1.54, 1.807) is 42.2 Å². The number of aryl methyl sites for hydroxylation is 2. The van der Waals surface area contributed by atoms with Crippen LogP contribution in [0, 0.1) is 12.7 Å². The minimum Gasteiger partial charge on any atom is -0.489 e. The number of nitrogens with one attached hydrogen (secondary N) is 1. The molecule has 1 aromatic heterocycles. The highest BCUT2D eigenvalue weighted by molar-refractivity contribution is 6.04. The SMILES string of the molecule is Cc1cc(OCc2cccc(F)c2)ccc1NC(=O)c1cnn(C)c1. The molecule has 0 unspecified atom stereocenters. The van der Waals surface area contributed by atoms with Crippen molar-refractivity contribution in [2.75, 3.05) is 5.32 Å². The molecule has 2 aromatic carbocycles. The summed E-state index contributed by atoms with van der Waals surface area (Å²) < 4.78 is 20.4. The predicted molar refractivity (Wildman–Crippen MR) is 93.1 cm³/mol. The lowest BCUT2D eigenvalue weighted by Gasteiger charge is -2.11. The third kappa shape index (κ3) is 4.23. The van der Waals surface area contributed by atoms with Gasteiger partial charge in [0.1, 0.15) is 18.2 Å². The van der Waals surface area contributed by atoms with E-state index in [0.717, 1.165) is 11.1 Å². The minimum atomic E-state index is -0.286. The zero-order valence-corrected chi connectivity index (χ0v) is 14.0. The number of aromatic nitrogens is 2. The Morgan fingerprint density at radius 3 is 2.80 bits per heavy atom. The Kier molecular flexibility index (Phi) is 4.79. The van der Waals surface area contributed by atoms with Gasteiger partial charge in [0.25, 0.3) is 5.91 Å². The van der Waals surface area contributed by atoms with Crippen molar-refractivity contribution < 1.29 is 13.9 Å². The number of carbonyl (C=O) groups is 1. The first kappa shape index (κ1) is 16.7. The summed E-state index contributed by atoms with van der Waals surface area (Å²) in [6.07, 6.45) is 3.17. The van der Waals surface area contributed by atoms with E-state index in [2.05, 4.69) is 10.4 Å². The fourth-order valence-corrected chi connectivity index (χ4v) is 2.39. The monoisotopic (exact) mass is 339 g/mol. The molecule has 0 fully saturated rings. The van der Waals surface area contributed by atoms with Crippen LogP contribution in [0.3, 0.4) is 0 Å². The zero-order valence-electron chi connectivity index (χ0n) is 14.0. The van der Waals surface area contributed by atoms with Gasteiger partial charge in [-0.1, -0.05) is 12.1 Å². The predicted octanol–water partition coefficient (Wildman–Crippen LogP) is 3.70. The van der Waals surface area contributed by atoms with Crippen LogP contribution in [0.5, 0.6) is 5.75 Å². The van der Waals surface area contributed by atoms with Gasteiger partial charge >= 0.3 is 0 Å². The van der Waals surface area contributed by atoms with Crippen LogP contribution in [0.15, 0.2) is 54.9 Å². The molecule has 0 radical (unpaired) electrons. The van der Waals surface area contributed by atoms with Gasteiger partial charge in [-0.15, -0.1) is 0 Å². The summed E-state index contributed by atoms with van der Waals surface area (Å²) in [4.78, 5) is 12.2. The van der Waals surface area contributed by atoms with Gasteiger partial charge in [-0.05, 0) is 48.4 Å². The number of benzene rings is 2. The number of halogens is 1. The number of rotatable bonds is 5. The maximum Gasteiger partial charge on any atom is 0.258 e. The van der Waals surface area contributed by atoms with E-state index in [1.165, 1.54) is 18.3 Å². The van der Waals surface area contributed by atoms with E-state index in [0.29, 0.717) is 17.0 Å². The summed E-state index contributed by atoms with van der Waals surface area (Å²) in [5, 5.41) is 6.84. The van der Waals surface area contributed by atoms with E-state index in [1.807, 2.05) is 13.0 Å². The number of amides is 1. The first-order valence-electron chi connectivity index (χ1n) is 7.79. The molecule has 0 aliphatic carbocycles. The summed E-state index contributed by atoms with van der Waals surface area (Å²) in [7, 11) is 1.76. The van der Waals surface area contributed by atoms with Gasteiger partial charge in [-0.2, -0.15) is 5.10 Å². The van der Waals surface area contributed by atoms with Crippen molar-refractivity contribution in [3.8, 4) is 5.75 Å². The molecule has 1 amide bonds. The van der Waals surface area contributed by atoms with Gasteiger partial charge in [-0.3, -0.25) is 9.48 Å². The van der Waals surface area contributed by atoms with E-state index >= 15 is 0 Å². The van der Waals surface area contributed by atoms with Crippen molar-refractivity contribution in [3.63, 3.8) is 0 Å². The standard InChI is InChI=1S/C19H18FN3O2/c1-13-8-17(25-12-14-4-3-5-16(20)9-14)6-7-18(13)22-19(24)15-10-21-23(2)11-15/h3-11H,12H2,1-2H3,(H,22,24). The molecular weight excluding hydrogens is 321 g/mol.